The Bertz CT molecular complexity index is 460. The Balaban J connectivity index is 1.87. The molecule has 0 fully saturated rings. The van der Waals surface area contributed by atoms with Crippen molar-refractivity contribution in [1.29, 1.82) is 0 Å². The lowest BCUT2D eigenvalue weighted by molar-refractivity contribution is -0.0805. The number of ether oxygens (including phenoxy) is 2. The molecular weight excluding hydrogens is 372 g/mol. The summed E-state index contributed by atoms with van der Waals surface area (Å²) in [6.45, 7) is 5.78. The van der Waals surface area contributed by atoms with E-state index in [1.807, 2.05) is 30.3 Å². The van der Waals surface area contributed by atoms with Gasteiger partial charge in [0.15, 0.2) is 0 Å². The lowest BCUT2D eigenvalue weighted by atomic mass is 10.0. The number of hydrogen-bond acceptors (Lipinski definition) is 3. The first kappa shape index (κ1) is 27.1. The van der Waals surface area contributed by atoms with Gasteiger partial charge in [-0.25, -0.2) is 0 Å². The van der Waals surface area contributed by atoms with Crippen LogP contribution in [0.15, 0.2) is 30.3 Å². The van der Waals surface area contributed by atoms with E-state index in [0.29, 0.717) is 13.2 Å². The van der Waals surface area contributed by atoms with Crippen LogP contribution in [0.5, 0.6) is 0 Å². The van der Waals surface area contributed by atoms with Crippen LogP contribution in [0.3, 0.4) is 0 Å². The number of hydrogen-bond donors (Lipinski definition) is 1. The summed E-state index contributed by atoms with van der Waals surface area (Å²) in [4.78, 5) is 0. The molecule has 1 aromatic carbocycles. The number of rotatable bonds is 21. The van der Waals surface area contributed by atoms with Gasteiger partial charge in [0.2, 0.25) is 0 Å². The van der Waals surface area contributed by atoms with Gasteiger partial charge in [-0.1, -0.05) is 121 Å². The fourth-order valence-electron chi connectivity index (χ4n) is 3.70. The summed E-state index contributed by atoms with van der Waals surface area (Å²) >= 11 is 0. The molecule has 0 bridgehead atoms. The zero-order valence-electron chi connectivity index (χ0n) is 19.8. The first-order chi connectivity index (χ1) is 14.7. The predicted molar refractivity (Wildman–Crippen MR) is 128 cm³/mol. The number of unbranched alkanes of at least 4 members (excludes halogenated alkanes) is 13. The van der Waals surface area contributed by atoms with Gasteiger partial charge in [0.1, 0.15) is 6.10 Å². The van der Waals surface area contributed by atoms with Gasteiger partial charge in [0.25, 0.3) is 0 Å². The average molecular weight is 421 g/mol. The van der Waals surface area contributed by atoms with Crippen LogP contribution in [0.2, 0.25) is 0 Å². The van der Waals surface area contributed by atoms with Gasteiger partial charge >= 0.3 is 0 Å². The normalized spacial score (nSPS) is 13.4. The maximum Gasteiger partial charge on any atom is 0.107 e. The van der Waals surface area contributed by atoms with Crippen molar-refractivity contribution in [3.63, 3.8) is 0 Å². The zero-order chi connectivity index (χ0) is 21.7. The largest absolute Gasteiger partial charge is 0.391 e. The van der Waals surface area contributed by atoms with Crippen LogP contribution in [0.25, 0.3) is 0 Å². The molecule has 0 spiro atoms. The van der Waals surface area contributed by atoms with E-state index in [1.165, 1.54) is 83.5 Å². The van der Waals surface area contributed by atoms with E-state index in [0.717, 1.165) is 18.6 Å². The van der Waals surface area contributed by atoms with Gasteiger partial charge in [-0.2, -0.15) is 0 Å². The minimum absolute atomic E-state index is 0.267. The first-order valence-corrected chi connectivity index (χ1v) is 12.7. The van der Waals surface area contributed by atoms with Gasteiger partial charge in [-0.05, 0) is 18.9 Å². The monoisotopic (exact) mass is 420 g/mol. The fourth-order valence-corrected chi connectivity index (χ4v) is 3.70. The lowest BCUT2D eigenvalue weighted by Gasteiger charge is -2.20. The van der Waals surface area contributed by atoms with Gasteiger partial charge in [0.05, 0.1) is 19.3 Å². The maximum atomic E-state index is 9.91. The minimum atomic E-state index is -0.523. The van der Waals surface area contributed by atoms with E-state index in [9.17, 15) is 5.11 Å². The van der Waals surface area contributed by atoms with Crippen LogP contribution in [0, 0.1) is 0 Å². The molecule has 0 saturated heterocycles. The molecule has 0 aliphatic rings. The Labute approximate surface area is 186 Å². The summed E-state index contributed by atoms with van der Waals surface area (Å²) in [5, 5.41) is 9.91. The van der Waals surface area contributed by atoms with E-state index in [1.54, 1.807) is 6.92 Å². The van der Waals surface area contributed by atoms with Crippen LogP contribution in [0.4, 0.5) is 0 Å². The summed E-state index contributed by atoms with van der Waals surface area (Å²) in [5.74, 6) is 0. The molecule has 1 N–H and O–H groups in total. The quantitative estimate of drug-likeness (QED) is 0.210. The van der Waals surface area contributed by atoms with Crippen LogP contribution in [-0.4, -0.2) is 30.5 Å². The van der Waals surface area contributed by atoms with Gasteiger partial charge in [-0.3, -0.25) is 0 Å². The second-order valence-corrected chi connectivity index (χ2v) is 8.75. The van der Waals surface area contributed by atoms with Gasteiger partial charge < -0.3 is 14.6 Å². The highest BCUT2D eigenvalue weighted by atomic mass is 16.5. The second-order valence-electron chi connectivity index (χ2n) is 8.75. The van der Waals surface area contributed by atoms with E-state index < -0.39 is 6.10 Å². The van der Waals surface area contributed by atoms with Crippen molar-refractivity contribution in [3.8, 4) is 0 Å². The number of benzene rings is 1. The Morgan fingerprint density at radius 3 is 1.73 bits per heavy atom. The van der Waals surface area contributed by atoms with Gasteiger partial charge in [0, 0.05) is 6.61 Å². The molecule has 3 heteroatoms. The van der Waals surface area contributed by atoms with E-state index in [2.05, 4.69) is 6.92 Å². The molecule has 0 aliphatic heterocycles. The van der Waals surface area contributed by atoms with Crippen molar-refractivity contribution >= 4 is 0 Å². The molecule has 0 heterocycles. The smallest absolute Gasteiger partial charge is 0.107 e. The molecule has 1 rings (SSSR count). The van der Waals surface area contributed by atoms with Crippen molar-refractivity contribution in [2.75, 3.05) is 13.2 Å². The van der Waals surface area contributed by atoms with Crippen molar-refractivity contribution in [2.45, 2.75) is 123 Å². The maximum absolute atomic E-state index is 9.91. The summed E-state index contributed by atoms with van der Waals surface area (Å²) < 4.78 is 11.6. The summed E-state index contributed by atoms with van der Waals surface area (Å²) in [7, 11) is 0. The molecule has 174 valence electrons. The van der Waals surface area contributed by atoms with Crippen LogP contribution in [-0.2, 0) is 16.1 Å². The summed E-state index contributed by atoms with van der Waals surface area (Å²) in [6, 6.07) is 10.1. The highest BCUT2D eigenvalue weighted by Gasteiger charge is 2.15. The highest BCUT2D eigenvalue weighted by Crippen LogP contribution is 2.13. The Morgan fingerprint density at radius 1 is 0.733 bits per heavy atom. The molecule has 2 unspecified atom stereocenters. The second kappa shape index (κ2) is 20.0. The van der Waals surface area contributed by atoms with Gasteiger partial charge in [-0.15, -0.1) is 0 Å². The third kappa shape index (κ3) is 15.9. The average Bonchev–Trinajstić information content (AvgIpc) is 2.76. The predicted octanol–water partition coefficient (Wildman–Crippen LogP) is 7.45. The molecule has 0 saturated carbocycles. The molecule has 0 radical (unpaired) electrons. The fraction of sp³-hybridized carbons (Fsp3) is 0.778. The molecule has 30 heavy (non-hydrogen) atoms. The van der Waals surface area contributed by atoms with Crippen LogP contribution < -0.4 is 0 Å². The van der Waals surface area contributed by atoms with E-state index >= 15 is 0 Å². The molecule has 0 aliphatic carbocycles. The van der Waals surface area contributed by atoms with Crippen LogP contribution in [0.1, 0.15) is 109 Å². The molecular formula is C27H48O3. The third-order valence-electron chi connectivity index (χ3n) is 5.77. The van der Waals surface area contributed by atoms with Crippen molar-refractivity contribution in [1.82, 2.24) is 0 Å². The van der Waals surface area contributed by atoms with E-state index in [-0.39, 0.29) is 6.10 Å². The standard InChI is InChI=1S/C27H48O3/c1-3-4-5-6-7-8-9-10-11-12-13-14-15-19-22-29-24-27(25(2)28)30-23-26-20-17-16-18-21-26/h16-18,20-21,25,27-28H,3-15,19,22-24H2,1-2H3. The Morgan fingerprint density at radius 2 is 1.23 bits per heavy atom. The minimum Gasteiger partial charge on any atom is -0.391 e. The van der Waals surface area contributed by atoms with Crippen LogP contribution >= 0.6 is 0 Å². The molecule has 3 nitrogen and oxygen atoms in total. The Kier molecular flexibility index (Phi) is 18.1. The van der Waals surface area contributed by atoms with E-state index in [4.69, 9.17) is 9.47 Å². The Hall–Kier alpha value is -0.900. The molecule has 2 atom stereocenters. The highest BCUT2D eigenvalue weighted by molar-refractivity contribution is 5.13. The third-order valence-corrected chi connectivity index (χ3v) is 5.77. The van der Waals surface area contributed by atoms with Crippen molar-refractivity contribution in [2.24, 2.45) is 0 Å². The van der Waals surface area contributed by atoms with Crippen molar-refractivity contribution < 1.29 is 14.6 Å². The number of aliphatic hydroxyl groups is 1. The topological polar surface area (TPSA) is 38.7 Å². The summed E-state index contributed by atoms with van der Waals surface area (Å²) in [5.41, 5.74) is 1.12. The van der Waals surface area contributed by atoms with Crippen molar-refractivity contribution in [3.05, 3.63) is 35.9 Å². The SMILES string of the molecule is CCCCCCCCCCCCCCCCOCC(OCc1ccccc1)C(C)O. The molecule has 1 aromatic rings. The first-order valence-electron chi connectivity index (χ1n) is 12.7. The zero-order valence-corrected chi connectivity index (χ0v) is 19.8. The number of aliphatic hydroxyl groups excluding tert-OH is 1. The summed E-state index contributed by atoms with van der Waals surface area (Å²) in [6.07, 6.45) is 18.3. The molecule has 0 amide bonds. The lowest BCUT2D eigenvalue weighted by Crippen LogP contribution is -2.31. The molecule has 0 aromatic heterocycles.